The normalized spacial score (nSPS) is 10.4. The number of carbonyl (C=O) groups excluding carboxylic acids is 2. The van der Waals surface area contributed by atoms with Crippen molar-refractivity contribution < 1.29 is 19.1 Å². The fraction of sp³-hybridized carbons (Fsp3) is 0.533. The molecule has 0 unspecified atom stereocenters. The van der Waals surface area contributed by atoms with E-state index in [-0.39, 0.29) is 25.0 Å². The zero-order valence-electron chi connectivity index (χ0n) is 13.4. The summed E-state index contributed by atoms with van der Waals surface area (Å²) in [7, 11) is 0. The summed E-state index contributed by atoms with van der Waals surface area (Å²) < 4.78 is 10.6. The SMILES string of the molecule is CCOC(=O)CNCc1cc(Br)cc(CNCC(=O)OCC)n1. The molecule has 1 rings (SSSR count). The summed E-state index contributed by atoms with van der Waals surface area (Å²) in [5.74, 6) is -0.586. The van der Waals surface area contributed by atoms with Crippen LogP contribution in [-0.4, -0.2) is 43.2 Å². The molecule has 0 aliphatic heterocycles. The van der Waals surface area contributed by atoms with Gasteiger partial charge in [-0.3, -0.25) is 14.6 Å². The van der Waals surface area contributed by atoms with E-state index in [2.05, 4.69) is 31.5 Å². The van der Waals surface area contributed by atoms with Gasteiger partial charge >= 0.3 is 11.9 Å². The molecule has 0 atom stereocenters. The van der Waals surface area contributed by atoms with E-state index < -0.39 is 0 Å². The summed E-state index contributed by atoms with van der Waals surface area (Å²) in [5, 5.41) is 5.96. The van der Waals surface area contributed by atoms with Crippen molar-refractivity contribution in [3.05, 3.63) is 28.0 Å². The van der Waals surface area contributed by atoms with Crippen LogP contribution in [0.15, 0.2) is 16.6 Å². The highest BCUT2D eigenvalue weighted by molar-refractivity contribution is 9.10. The number of rotatable bonds is 10. The van der Waals surface area contributed by atoms with Crippen LogP contribution in [0.3, 0.4) is 0 Å². The van der Waals surface area contributed by atoms with Gasteiger partial charge in [0.25, 0.3) is 0 Å². The fourth-order valence-electron chi connectivity index (χ4n) is 1.80. The maximum atomic E-state index is 11.3. The van der Waals surface area contributed by atoms with Gasteiger partial charge in [-0.25, -0.2) is 0 Å². The Morgan fingerprint density at radius 2 is 1.43 bits per heavy atom. The highest BCUT2D eigenvalue weighted by Gasteiger charge is 2.06. The van der Waals surface area contributed by atoms with Crippen LogP contribution in [0.25, 0.3) is 0 Å². The minimum Gasteiger partial charge on any atom is -0.465 e. The van der Waals surface area contributed by atoms with Crippen molar-refractivity contribution in [2.45, 2.75) is 26.9 Å². The Morgan fingerprint density at radius 3 is 1.83 bits per heavy atom. The first-order chi connectivity index (χ1) is 11.0. The number of pyridine rings is 1. The number of nitrogens with zero attached hydrogens (tertiary/aromatic N) is 1. The molecule has 7 nitrogen and oxygen atoms in total. The lowest BCUT2D eigenvalue weighted by Crippen LogP contribution is -2.26. The van der Waals surface area contributed by atoms with Crippen molar-refractivity contribution >= 4 is 27.9 Å². The lowest BCUT2D eigenvalue weighted by atomic mass is 10.3. The van der Waals surface area contributed by atoms with Gasteiger partial charge in [-0.15, -0.1) is 0 Å². The van der Waals surface area contributed by atoms with Gasteiger partial charge in [0.05, 0.1) is 37.7 Å². The molecule has 0 amide bonds. The van der Waals surface area contributed by atoms with Crippen molar-refractivity contribution in [2.75, 3.05) is 26.3 Å². The van der Waals surface area contributed by atoms with Gasteiger partial charge in [0.2, 0.25) is 0 Å². The second kappa shape index (κ2) is 11.1. The fourth-order valence-corrected chi connectivity index (χ4v) is 2.33. The van der Waals surface area contributed by atoms with E-state index in [4.69, 9.17) is 9.47 Å². The van der Waals surface area contributed by atoms with Crippen LogP contribution < -0.4 is 10.6 Å². The van der Waals surface area contributed by atoms with Gasteiger partial charge in [-0.2, -0.15) is 0 Å². The molecule has 0 radical (unpaired) electrons. The van der Waals surface area contributed by atoms with Crippen molar-refractivity contribution in [3.63, 3.8) is 0 Å². The number of halogens is 1. The van der Waals surface area contributed by atoms with Gasteiger partial charge < -0.3 is 20.1 Å². The minimum atomic E-state index is -0.293. The highest BCUT2D eigenvalue weighted by Crippen LogP contribution is 2.12. The van der Waals surface area contributed by atoms with E-state index in [9.17, 15) is 9.59 Å². The molecule has 0 aromatic carbocycles. The van der Waals surface area contributed by atoms with Crippen molar-refractivity contribution in [1.82, 2.24) is 15.6 Å². The second-order valence-electron chi connectivity index (χ2n) is 4.59. The lowest BCUT2D eigenvalue weighted by Gasteiger charge is -2.08. The van der Waals surface area contributed by atoms with Crippen molar-refractivity contribution in [1.29, 1.82) is 0 Å². The average Bonchev–Trinajstić information content (AvgIpc) is 2.47. The zero-order valence-corrected chi connectivity index (χ0v) is 14.9. The lowest BCUT2D eigenvalue weighted by molar-refractivity contribution is -0.142. The summed E-state index contributed by atoms with van der Waals surface area (Å²) in [5.41, 5.74) is 1.58. The maximum absolute atomic E-state index is 11.3. The van der Waals surface area contributed by atoms with Gasteiger partial charge in [-0.1, -0.05) is 15.9 Å². The molecule has 2 N–H and O–H groups in total. The molecule has 23 heavy (non-hydrogen) atoms. The Labute approximate surface area is 144 Å². The molecule has 0 bridgehead atoms. The smallest absolute Gasteiger partial charge is 0.319 e. The number of hydrogen-bond acceptors (Lipinski definition) is 7. The van der Waals surface area contributed by atoms with E-state index in [1.165, 1.54) is 0 Å². The molecule has 0 fully saturated rings. The summed E-state index contributed by atoms with van der Waals surface area (Å²) in [4.78, 5) is 27.0. The molecule has 128 valence electrons. The van der Waals surface area contributed by atoms with Gasteiger partial charge in [0, 0.05) is 17.6 Å². The van der Waals surface area contributed by atoms with Crippen LogP contribution in [-0.2, 0) is 32.2 Å². The highest BCUT2D eigenvalue weighted by atomic mass is 79.9. The largest absolute Gasteiger partial charge is 0.465 e. The molecule has 1 aromatic heterocycles. The molecule has 0 saturated carbocycles. The van der Waals surface area contributed by atoms with Crippen LogP contribution in [0.4, 0.5) is 0 Å². The second-order valence-corrected chi connectivity index (χ2v) is 5.50. The molecular formula is C15H22BrN3O4. The molecule has 8 heteroatoms. The number of nitrogens with one attached hydrogen (secondary N) is 2. The third-order valence-electron chi connectivity index (χ3n) is 2.66. The predicted octanol–water partition coefficient (Wildman–Crippen LogP) is 1.15. The molecule has 0 saturated heterocycles. The number of aromatic nitrogens is 1. The monoisotopic (exact) mass is 387 g/mol. The quantitative estimate of drug-likeness (QED) is 0.582. The molecule has 0 aliphatic rings. The van der Waals surface area contributed by atoms with Crippen LogP contribution in [0.5, 0.6) is 0 Å². The Bertz CT molecular complexity index is 483. The predicted molar refractivity (Wildman–Crippen MR) is 88.6 cm³/mol. The molecule has 1 aromatic rings. The van der Waals surface area contributed by atoms with Crippen LogP contribution in [0.1, 0.15) is 25.2 Å². The molecule has 0 spiro atoms. The van der Waals surface area contributed by atoms with E-state index >= 15 is 0 Å². The van der Waals surface area contributed by atoms with E-state index in [1.54, 1.807) is 13.8 Å². The van der Waals surface area contributed by atoms with E-state index in [0.717, 1.165) is 15.9 Å². The molecule has 0 aliphatic carbocycles. The van der Waals surface area contributed by atoms with Gasteiger partial charge in [-0.05, 0) is 26.0 Å². The van der Waals surface area contributed by atoms with Gasteiger partial charge in [0.15, 0.2) is 0 Å². The average molecular weight is 388 g/mol. The Kier molecular flexibility index (Phi) is 9.42. The summed E-state index contributed by atoms with van der Waals surface area (Å²) in [6, 6.07) is 3.74. The number of carbonyl (C=O) groups is 2. The minimum absolute atomic E-state index is 0.137. The van der Waals surface area contributed by atoms with Crippen molar-refractivity contribution in [3.8, 4) is 0 Å². The van der Waals surface area contributed by atoms with Crippen LogP contribution in [0, 0.1) is 0 Å². The third kappa shape index (κ3) is 8.63. The van der Waals surface area contributed by atoms with E-state index in [1.807, 2.05) is 12.1 Å². The third-order valence-corrected chi connectivity index (χ3v) is 3.12. The summed E-state index contributed by atoms with van der Waals surface area (Å²) in [6.45, 7) is 5.44. The molecule has 1 heterocycles. The maximum Gasteiger partial charge on any atom is 0.319 e. The zero-order chi connectivity index (χ0) is 17.1. The first-order valence-electron chi connectivity index (χ1n) is 7.43. The van der Waals surface area contributed by atoms with E-state index in [0.29, 0.717) is 26.3 Å². The Hall–Kier alpha value is -1.51. The Morgan fingerprint density at radius 1 is 1.00 bits per heavy atom. The number of hydrogen-bond donors (Lipinski definition) is 2. The summed E-state index contributed by atoms with van der Waals surface area (Å²) in [6.07, 6.45) is 0. The number of ether oxygens (including phenoxy) is 2. The first-order valence-corrected chi connectivity index (χ1v) is 8.22. The summed E-state index contributed by atoms with van der Waals surface area (Å²) >= 11 is 3.43. The molecular weight excluding hydrogens is 366 g/mol. The first kappa shape index (κ1) is 19.5. The number of esters is 2. The Balaban J connectivity index is 2.45. The van der Waals surface area contributed by atoms with Crippen LogP contribution in [0.2, 0.25) is 0 Å². The topological polar surface area (TPSA) is 89.6 Å². The van der Waals surface area contributed by atoms with Crippen molar-refractivity contribution in [2.24, 2.45) is 0 Å². The standard InChI is InChI=1S/C15H22BrN3O4/c1-3-22-14(20)9-17-7-12-5-11(16)6-13(19-12)8-18-10-15(21)23-4-2/h5-6,17-18H,3-4,7-10H2,1-2H3. The van der Waals surface area contributed by atoms with Crippen LogP contribution >= 0.6 is 15.9 Å². The van der Waals surface area contributed by atoms with Gasteiger partial charge in [0.1, 0.15) is 0 Å².